The smallest absolute Gasteiger partial charge is 0.151 e. The van der Waals surface area contributed by atoms with E-state index in [1.165, 1.54) is 4.88 Å². The average Bonchev–Trinajstić information content (AvgIpc) is 2.81. The standard InChI is InChI=1S/C14H19N3S/c1-10-7-13(15)14(16-9-10)17(3)11(2)8-12-5-4-6-18-12/h4-7,9,11H,8,15H2,1-3H3. The van der Waals surface area contributed by atoms with Crippen molar-refractivity contribution < 1.29 is 0 Å². The third kappa shape index (κ3) is 2.82. The predicted molar refractivity (Wildman–Crippen MR) is 79.3 cm³/mol. The maximum atomic E-state index is 6.03. The molecule has 0 bridgehead atoms. The van der Waals surface area contributed by atoms with E-state index in [1.54, 1.807) is 11.3 Å². The van der Waals surface area contributed by atoms with E-state index in [1.807, 2.05) is 26.2 Å². The maximum Gasteiger partial charge on any atom is 0.151 e. The Morgan fingerprint density at radius 3 is 2.89 bits per heavy atom. The number of nitrogens with two attached hydrogens (primary N) is 1. The van der Waals surface area contributed by atoms with Crippen LogP contribution >= 0.6 is 11.3 Å². The molecule has 0 aliphatic rings. The lowest BCUT2D eigenvalue weighted by molar-refractivity contribution is 0.681. The van der Waals surface area contributed by atoms with Gasteiger partial charge in [-0.15, -0.1) is 11.3 Å². The summed E-state index contributed by atoms with van der Waals surface area (Å²) in [6.07, 6.45) is 2.88. The molecule has 18 heavy (non-hydrogen) atoms. The minimum Gasteiger partial charge on any atom is -0.396 e. The van der Waals surface area contributed by atoms with Crippen LogP contribution in [0.15, 0.2) is 29.8 Å². The normalized spacial score (nSPS) is 12.4. The first kappa shape index (κ1) is 12.9. The molecule has 2 aromatic rings. The van der Waals surface area contributed by atoms with Crippen LogP contribution in [0.1, 0.15) is 17.4 Å². The van der Waals surface area contributed by atoms with Crippen molar-refractivity contribution in [3.05, 3.63) is 40.2 Å². The van der Waals surface area contributed by atoms with Crippen molar-refractivity contribution >= 4 is 22.8 Å². The van der Waals surface area contributed by atoms with Crippen LogP contribution in [0.3, 0.4) is 0 Å². The van der Waals surface area contributed by atoms with Crippen LogP contribution in [0.2, 0.25) is 0 Å². The molecule has 3 nitrogen and oxygen atoms in total. The van der Waals surface area contributed by atoms with Crippen molar-refractivity contribution in [1.82, 2.24) is 4.98 Å². The van der Waals surface area contributed by atoms with Gasteiger partial charge in [0.05, 0.1) is 5.69 Å². The summed E-state index contributed by atoms with van der Waals surface area (Å²) in [4.78, 5) is 7.97. The zero-order chi connectivity index (χ0) is 13.1. The highest BCUT2D eigenvalue weighted by atomic mass is 32.1. The van der Waals surface area contributed by atoms with E-state index in [0.29, 0.717) is 6.04 Å². The molecule has 2 N–H and O–H groups in total. The molecule has 0 saturated heterocycles. The minimum atomic E-state index is 0.376. The van der Waals surface area contributed by atoms with Gasteiger partial charge in [0.15, 0.2) is 5.82 Å². The molecule has 1 unspecified atom stereocenters. The lowest BCUT2D eigenvalue weighted by Gasteiger charge is -2.26. The molecular formula is C14H19N3S. The summed E-state index contributed by atoms with van der Waals surface area (Å²) in [5.41, 5.74) is 7.87. The number of aryl methyl sites for hydroxylation is 1. The van der Waals surface area contributed by atoms with Crippen LogP contribution in [0.25, 0.3) is 0 Å². The molecule has 0 aliphatic carbocycles. The second kappa shape index (κ2) is 5.40. The fourth-order valence-corrected chi connectivity index (χ4v) is 2.77. The Bertz CT molecular complexity index is 508. The van der Waals surface area contributed by atoms with Gasteiger partial charge in [0.25, 0.3) is 0 Å². The number of likely N-dealkylation sites (N-methyl/N-ethyl adjacent to an activating group) is 1. The van der Waals surface area contributed by atoms with Crippen molar-refractivity contribution in [3.63, 3.8) is 0 Å². The van der Waals surface area contributed by atoms with Gasteiger partial charge < -0.3 is 10.6 Å². The SMILES string of the molecule is Cc1cnc(N(C)C(C)Cc2cccs2)c(N)c1. The lowest BCUT2D eigenvalue weighted by atomic mass is 10.1. The highest BCUT2D eigenvalue weighted by molar-refractivity contribution is 7.09. The van der Waals surface area contributed by atoms with Crippen LogP contribution < -0.4 is 10.6 Å². The molecule has 4 heteroatoms. The maximum absolute atomic E-state index is 6.03. The van der Waals surface area contributed by atoms with Crippen LogP contribution in [-0.2, 0) is 6.42 Å². The van der Waals surface area contributed by atoms with Gasteiger partial charge in [-0.1, -0.05) is 6.07 Å². The van der Waals surface area contributed by atoms with Crippen LogP contribution in [0.5, 0.6) is 0 Å². The Morgan fingerprint density at radius 1 is 1.50 bits per heavy atom. The number of aromatic nitrogens is 1. The molecular weight excluding hydrogens is 242 g/mol. The fourth-order valence-electron chi connectivity index (χ4n) is 1.94. The molecule has 0 aliphatic heterocycles. The highest BCUT2D eigenvalue weighted by Crippen LogP contribution is 2.23. The van der Waals surface area contributed by atoms with Crippen LogP contribution in [-0.4, -0.2) is 18.1 Å². The lowest BCUT2D eigenvalue weighted by Crippen LogP contribution is -2.31. The third-order valence-corrected chi connectivity index (χ3v) is 4.00. The quantitative estimate of drug-likeness (QED) is 0.919. The minimum absolute atomic E-state index is 0.376. The van der Waals surface area contributed by atoms with Gasteiger partial charge in [-0.2, -0.15) is 0 Å². The van der Waals surface area contributed by atoms with Gasteiger partial charge in [0.1, 0.15) is 0 Å². The summed E-state index contributed by atoms with van der Waals surface area (Å²) in [5, 5.41) is 2.11. The Labute approximate surface area is 112 Å². The summed E-state index contributed by atoms with van der Waals surface area (Å²) < 4.78 is 0. The predicted octanol–water partition coefficient (Wildman–Crippen LogP) is 3.10. The summed E-state index contributed by atoms with van der Waals surface area (Å²) in [6, 6.07) is 6.60. The molecule has 0 amide bonds. The summed E-state index contributed by atoms with van der Waals surface area (Å²) >= 11 is 1.79. The van der Waals surface area contributed by atoms with E-state index >= 15 is 0 Å². The Morgan fingerprint density at radius 2 is 2.28 bits per heavy atom. The topological polar surface area (TPSA) is 42.2 Å². The number of nitrogens with zero attached hydrogens (tertiary/aromatic N) is 2. The first-order chi connectivity index (χ1) is 8.58. The number of anilines is 2. The molecule has 0 fully saturated rings. The van der Waals surface area contributed by atoms with Gasteiger partial charge in [-0.05, 0) is 36.9 Å². The van der Waals surface area contributed by atoms with Gasteiger partial charge in [0, 0.05) is 30.6 Å². The fraction of sp³-hybridized carbons (Fsp3) is 0.357. The molecule has 0 radical (unpaired) electrons. The number of hydrogen-bond donors (Lipinski definition) is 1. The van der Waals surface area contributed by atoms with Crippen molar-refractivity contribution in [2.45, 2.75) is 26.3 Å². The van der Waals surface area contributed by atoms with Gasteiger partial charge in [0.2, 0.25) is 0 Å². The molecule has 0 spiro atoms. The van der Waals surface area contributed by atoms with Gasteiger partial charge in [-0.3, -0.25) is 0 Å². The van der Waals surface area contributed by atoms with Crippen molar-refractivity contribution in [1.29, 1.82) is 0 Å². The van der Waals surface area contributed by atoms with E-state index in [4.69, 9.17) is 5.73 Å². The monoisotopic (exact) mass is 261 g/mol. The second-order valence-corrected chi connectivity index (χ2v) is 5.70. The first-order valence-electron chi connectivity index (χ1n) is 6.05. The van der Waals surface area contributed by atoms with E-state index < -0.39 is 0 Å². The Balaban J connectivity index is 2.12. The van der Waals surface area contributed by atoms with E-state index in [9.17, 15) is 0 Å². The number of hydrogen-bond acceptors (Lipinski definition) is 4. The van der Waals surface area contributed by atoms with Gasteiger partial charge >= 0.3 is 0 Å². The molecule has 2 aromatic heterocycles. The zero-order valence-electron chi connectivity index (χ0n) is 11.1. The number of rotatable bonds is 4. The third-order valence-electron chi connectivity index (χ3n) is 3.10. The van der Waals surface area contributed by atoms with Gasteiger partial charge in [-0.25, -0.2) is 4.98 Å². The largest absolute Gasteiger partial charge is 0.396 e. The zero-order valence-corrected chi connectivity index (χ0v) is 11.9. The summed E-state index contributed by atoms with van der Waals surface area (Å²) in [5.74, 6) is 0.865. The Hall–Kier alpha value is -1.55. The van der Waals surface area contributed by atoms with Crippen molar-refractivity contribution in [2.75, 3.05) is 17.7 Å². The summed E-state index contributed by atoms with van der Waals surface area (Å²) in [6.45, 7) is 4.20. The number of nitrogen functional groups attached to an aromatic ring is 1. The second-order valence-electron chi connectivity index (χ2n) is 4.67. The van der Waals surface area contributed by atoms with Crippen molar-refractivity contribution in [2.24, 2.45) is 0 Å². The van der Waals surface area contributed by atoms with Crippen molar-refractivity contribution in [3.8, 4) is 0 Å². The van der Waals surface area contributed by atoms with Crippen LogP contribution in [0.4, 0.5) is 11.5 Å². The van der Waals surface area contributed by atoms with E-state index in [2.05, 4.69) is 34.3 Å². The van der Waals surface area contributed by atoms with E-state index in [0.717, 1.165) is 23.5 Å². The number of thiophene rings is 1. The summed E-state index contributed by atoms with van der Waals surface area (Å²) in [7, 11) is 2.05. The molecule has 2 heterocycles. The molecule has 0 saturated carbocycles. The molecule has 2 rings (SSSR count). The van der Waals surface area contributed by atoms with E-state index in [-0.39, 0.29) is 0 Å². The molecule has 0 aromatic carbocycles. The Kier molecular flexibility index (Phi) is 3.87. The van der Waals surface area contributed by atoms with Crippen LogP contribution in [0, 0.1) is 6.92 Å². The average molecular weight is 261 g/mol. The molecule has 1 atom stereocenters. The highest BCUT2D eigenvalue weighted by Gasteiger charge is 2.14. The number of pyridine rings is 1. The first-order valence-corrected chi connectivity index (χ1v) is 6.93. The molecule has 96 valence electrons.